The fourth-order valence-corrected chi connectivity index (χ4v) is 2.43. The number of nitro benzene ring substituents is 1. The van der Waals surface area contributed by atoms with E-state index in [-0.39, 0.29) is 23.2 Å². The Labute approximate surface area is 117 Å². The molecule has 1 N–H and O–H groups in total. The molecule has 0 aromatic heterocycles. The van der Waals surface area contributed by atoms with Gasteiger partial charge in [0.2, 0.25) is 5.91 Å². The molecule has 0 radical (unpaired) electrons. The molecule has 1 saturated heterocycles. The number of nitrogens with one attached hydrogen (secondary N) is 1. The Morgan fingerprint density at radius 3 is 2.55 bits per heavy atom. The lowest BCUT2D eigenvalue weighted by molar-refractivity contribution is -0.384. The molecule has 108 valence electrons. The zero-order valence-corrected chi connectivity index (χ0v) is 11.9. The fourth-order valence-electron chi connectivity index (χ4n) is 2.43. The van der Waals surface area contributed by atoms with Crippen molar-refractivity contribution in [2.24, 2.45) is 0 Å². The predicted octanol–water partition coefficient (Wildman–Crippen LogP) is 2.41. The third kappa shape index (κ3) is 2.89. The van der Waals surface area contributed by atoms with E-state index in [9.17, 15) is 14.9 Å². The van der Waals surface area contributed by atoms with Crippen LogP contribution in [0.3, 0.4) is 0 Å². The molecule has 6 nitrogen and oxygen atoms in total. The molecule has 1 aromatic rings. The maximum absolute atomic E-state index is 12.0. The lowest BCUT2D eigenvalue weighted by Gasteiger charge is -2.32. The topological polar surface area (TPSA) is 75.5 Å². The van der Waals surface area contributed by atoms with Crippen LogP contribution >= 0.6 is 0 Å². The number of nitro groups is 1. The van der Waals surface area contributed by atoms with E-state index in [1.54, 1.807) is 23.1 Å². The number of amides is 1. The molecule has 1 heterocycles. The van der Waals surface area contributed by atoms with Crippen molar-refractivity contribution in [1.29, 1.82) is 0 Å². The Morgan fingerprint density at radius 2 is 2.00 bits per heavy atom. The highest BCUT2D eigenvalue weighted by molar-refractivity contribution is 5.81. The van der Waals surface area contributed by atoms with Gasteiger partial charge < -0.3 is 10.2 Å². The van der Waals surface area contributed by atoms with Crippen molar-refractivity contribution in [3.8, 4) is 0 Å². The summed E-state index contributed by atoms with van der Waals surface area (Å²) < 4.78 is 0. The minimum Gasteiger partial charge on any atom is -0.374 e. The molecule has 1 aromatic carbocycles. The van der Waals surface area contributed by atoms with Crippen LogP contribution in [0.4, 0.5) is 11.4 Å². The van der Waals surface area contributed by atoms with E-state index in [1.807, 2.05) is 20.8 Å². The number of carbonyl (C=O) groups is 1. The van der Waals surface area contributed by atoms with Crippen LogP contribution in [0.1, 0.15) is 27.2 Å². The summed E-state index contributed by atoms with van der Waals surface area (Å²) in [6.07, 6.45) is 0.364. The van der Waals surface area contributed by atoms with Crippen molar-refractivity contribution in [1.82, 2.24) is 4.90 Å². The summed E-state index contributed by atoms with van der Waals surface area (Å²) in [7, 11) is 0. The van der Waals surface area contributed by atoms with Gasteiger partial charge in [-0.2, -0.15) is 0 Å². The Hall–Kier alpha value is -2.11. The normalized spacial score (nSPS) is 19.2. The van der Waals surface area contributed by atoms with Crippen LogP contribution in [-0.2, 0) is 4.79 Å². The quantitative estimate of drug-likeness (QED) is 0.680. The highest BCUT2D eigenvalue weighted by Gasteiger charge is 2.36. The molecule has 20 heavy (non-hydrogen) atoms. The van der Waals surface area contributed by atoms with Crippen LogP contribution < -0.4 is 5.32 Å². The minimum absolute atomic E-state index is 0.0363. The molecule has 2 rings (SSSR count). The van der Waals surface area contributed by atoms with Gasteiger partial charge in [0.25, 0.3) is 5.69 Å². The van der Waals surface area contributed by atoms with E-state index in [1.165, 1.54) is 6.07 Å². The average Bonchev–Trinajstić information content (AvgIpc) is 2.70. The Bertz CT molecular complexity index is 537. The number of para-hydroxylation sites is 2. The highest BCUT2D eigenvalue weighted by Crippen LogP contribution is 2.28. The number of likely N-dealkylation sites (tertiary alicyclic amines) is 1. The summed E-state index contributed by atoms with van der Waals surface area (Å²) in [6, 6.07) is 6.41. The van der Waals surface area contributed by atoms with Crippen LogP contribution in [0, 0.1) is 10.1 Å². The highest BCUT2D eigenvalue weighted by atomic mass is 16.6. The third-order valence-electron chi connectivity index (χ3n) is 3.40. The lowest BCUT2D eigenvalue weighted by atomic mass is 10.1. The standard InChI is InChI=1S/C14H19N3O3/c1-14(2,3)16-9-10(8-13(16)18)15-11-6-4-5-7-12(11)17(19)20/h4-7,10,15H,8-9H2,1-3H3. The minimum atomic E-state index is -0.416. The first kappa shape index (κ1) is 14.3. The summed E-state index contributed by atoms with van der Waals surface area (Å²) in [6.45, 7) is 6.52. The van der Waals surface area contributed by atoms with Gasteiger partial charge in [-0.25, -0.2) is 0 Å². The molecule has 1 amide bonds. The number of hydrogen-bond donors (Lipinski definition) is 1. The molecule has 0 aliphatic carbocycles. The van der Waals surface area contributed by atoms with Crippen molar-refractivity contribution in [2.45, 2.75) is 38.8 Å². The van der Waals surface area contributed by atoms with Crippen LogP contribution in [-0.4, -0.2) is 33.9 Å². The second-order valence-corrected chi connectivity index (χ2v) is 5.99. The van der Waals surface area contributed by atoms with Gasteiger partial charge in [0, 0.05) is 24.6 Å². The molecular formula is C14H19N3O3. The zero-order valence-electron chi connectivity index (χ0n) is 11.9. The Balaban J connectivity index is 2.13. The van der Waals surface area contributed by atoms with Crippen LogP contribution in [0.15, 0.2) is 24.3 Å². The van der Waals surface area contributed by atoms with Gasteiger partial charge in [-0.3, -0.25) is 14.9 Å². The second-order valence-electron chi connectivity index (χ2n) is 5.99. The van der Waals surface area contributed by atoms with Crippen molar-refractivity contribution in [3.63, 3.8) is 0 Å². The number of hydrogen-bond acceptors (Lipinski definition) is 4. The molecule has 0 spiro atoms. The van der Waals surface area contributed by atoms with Gasteiger partial charge in [-0.1, -0.05) is 12.1 Å². The van der Waals surface area contributed by atoms with E-state index in [0.29, 0.717) is 18.7 Å². The summed E-state index contributed by atoms with van der Waals surface area (Å²) >= 11 is 0. The van der Waals surface area contributed by atoms with Crippen molar-refractivity contribution in [3.05, 3.63) is 34.4 Å². The fraction of sp³-hybridized carbons (Fsp3) is 0.500. The van der Waals surface area contributed by atoms with E-state index < -0.39 is 4.92 Å². The van der Waals surface area contributed by atoms with Crippen LogP contribution in [0.25, 0.3) is 0 Å². The van der Waals surface area contributed by atoms with Gasteiger partial charge in [-0.05, 0) is 26.8 Å². The first-order valence-electron chi connectivity index (χ1n) is 6.59. The van der Waals surface area contributed by atoms with E-state index in [0.717, 1.165) is 0 Å². The molecule has 1 atom stereocenters. The summed E-state index contributed by atoms with van der Waals surface area (Å²) in [4.78, 5) is 24.4. The van der Waals surface area contributed by atoms with Crippen molar-refractivity contribution >= 4 is 17.3 Å². The van der Waals surface area contributed by atoms with Crippen LogP contribution in [0.5, 0.6) is 0 Å². The first-order valence-corrected chi connectivity index (χ1v) is 6.59. The van der Waals surface area contributed by atoms with Crippen molar-refractivity contribution < 1.29 is 9.72 Å². The summed E-state index contributed by atoms with van der Waals surface area (Å²) in [5, 5.41) is 14.1. The molecule has 0 bridgehead atoms. The smallest absolute Gasteiger partial charge is 0.292 e. The number of carbonyl (C=O) groups excluding carboxylic acids is 1. The van der Waals surface area contributed by atoms with E-state index in [4.69, 9.17) is 0 Å². The molecule has 1 aliphatic heterocycles. The SMILES string of the molecule is CC(C)(C)N1CC(Nc2ccccc2[N+](=O)[O-])CC1=O. The first-order chi connectivity index (χ1) is 9.29. The third-order valence-corrected chi connectivity index (χ3v) is 3.40. The second kappa shape index (κ2) is 5.11. The van der Waals surface area contributed by atoms with Gasteiger partial charge in [0.15, 0.2) is 0 Å². The van der Waals surface area contributed by atoms with Gasteiger partial charge in [0.1, 0.15) is 5.69 Å². The van der Waals surface area contributed by atoms with Gasteiger partial charge in [0.05, 0.1) is 11.0 Å². The molecule has 1 aliphatic rings. The van der Waals surface area contributed by atoms with Gasteiger partial charge in [-0.15, -0.1) is 0 Å². The van der Waals surface area contributed by atoms with Crippen LogP contribution in [0.2, 0.25) is 0 Å². The summed E-state index contributed by atoms with van der Waals surface area (Å²) in [5.74, 6) is 0.0774. The lowest BCUT2D eigenvalue weighted by Crippen LogP contribution is -2.43. The molecular weight excluding hydrogens is 258 g/mol. The Kier molecular flexibility index (Phi) is 3.65. The predicted molar refractivity (Wildman–Crippen MR) is 76.6 cm³/mol. The monoisotopic (exact) mass is 277 g/mol. The molecule has 0 saturated carbocycles. The van der Waals surface area contributed by atoms with Gasteiger partial charge >= 0.3 is 0 Å². The maximum Gasteiger partial charge on any atom is 0.292 e. The number of anilines is 1. The largest absolute Gasteiger partial charge is 0.374 e. The molecule has 6 heteroatoms. The van der Waals surface area contributed by atoms with Crippen molar-refractivity contribution in [2.75, 3.05) is 11.9 Å². The van der Waals surface area contributed by atoms with E-state index in [2.05, 4.69) is 5.32 Å². The molecule has 1 unspecified atom stereocenters. The maximum atomic E-state index is 12.0. The number of rotatable bonds is 3. The molecule has 1 fully saturated rings. The number of nitrogens with zero attached hydrogens (tertiary/aromatic N) is 2. The van der Waals surface area contributed by atoms with E-state index >= 15 is 0 Å². The zero-order chi connectivity index (χ0) is 14.9. The summed E-state index contributed by atoms with van der Waals surface area (Å²) in [5.41, 5.74) is 0.274. The Morgan fingerprint density at radius 1 is 1.35 bits per heavy atom. The number of benzene rings is 1. The average molecular weight is 277 g/mol.